The van der Waals surface area contributed by atoms with E-state index in [-0.39, 0.29) is 0 Å². The predicted octanol–water partition coefficient (Wildman–Crippen LogP) is 5.94. The number of hydrogen-bond acceptors (Lipinski definition) is 2. The van der Waals surface area contributed by atoms with Gasteiger partial charge in [0.2, 0.25) is 0 Å². The van der Waals surface area contributed by atoms with Gasteiger partial charge in [0, 0.05) is 6.20 Å². The predicted molar refractivity (Wildman–Crippen MR) is 127 cm³/mol. The van der Waals surface area contributed by atoms with E-state index in [1.165, 1.54) is 12.1 Å². The van der Waals surface area contributed by atoms with E-state index >= 15 is 0 Å². The van der Waals surface area contributed by atoms with E-state index in [0.717, 1.165) is 16.7 Å². The SMILES string of the molecule is OC(c1cccc(F)c1)c1cn(C(c2ccccc2)(c2ccccc2)c2ccccc2)cn1. The molecular formula is C29H23FN2O. The molecule has 3 nitrogen and oxygen atoms in total. The summed E-state index contributed by atoms with van der Waals surface area (Å²) in [5.74, 6) is -0.391. The van der Waals surface area contributed by atoms with Crippen LogP contribution in [0.3, 0.4) is 0 Å². The number of rotatable bonds is 6. The van der Waals surface area contributed by atoms with Crippen LogP contribution in [0, 0.1) is 5.82 Å². The van der Waals surface area contributed by atoms with E-state index < -0.39 is 17.5 Å². The molecule has 33 heavy (non-hydrogen) atoms. The number of aliphatic hydroxyl groups excluding tert-OH is 1. The molecule has 1 N–H and O–H groups in total. The lowest BCUT2D eigenvalue weighted by Gasteiger charge is -2.37. The van der Waals surface area contributed by atoms with Gasteiger partial charge in [0.15, 0.2) is 0 Å². The maximum atomic E-state index is 13.8. The maximum absolute atomic E-state index is 13.8. The van der Waals surface area contributed by atoms with Gasteiger partial charge >= 0.3 is 0 Å². The fourth-order valence-corrected chi connectivity index (χ4v) is 4.50. The average Bonchev–Trinajstić information content (AvgIpc) is 3.37. The average molecular weight is 435 g/mol. The molecule has 5 aromatic rings. The summed E-state index contributed by atoms with van der Waals surface area (Å²) < 4.78 is 15.8. The first-order valence-electron chi connectivity index (χ1n) is 10.8. The third-order valence-electron chi connectivity index (χ3n) is 6.01. The summed E-state index contributed by atoms with van der Waals surface area (Å²) in [4.78, 5) is 4.56. The Morgan fingerprint density at radius 3 is 1.70 bits per heavy atom. The van der Waals surface area contributed by atoms with Crippen molar-refractivity contribution in [1.29, 1.82) is 0 Å². The second kappa shape index (κ2) is 8.85. The Bertz CT molecular complexity index is 1240. The summed E-state index contributed by atoms with van der Waals surface area (Å²) in [5.41, 5.74) is 3.39. The number of halogens is 1. The van der Waals surface area contributed by atoms with Gasteiger partial charge < -0.3 is 9.67 Å². The van der Waals surface area contributed by atoms with E-state index in [1.807, 2.05) is 65.4 Å². The number of benzene rings is 4. The molecule has 0 aliphatic heterocycles. The molecule has 1 heterocycles. The molecule has 5 rings (SSSR count). The smallest absolute Gasteiger partial charge is 0.123 e. The highest BCUT2D eigenvalue weighted by Crippen LogP contribution is 2.41. The van der Waals surface area contributed by atoms with E-state index in [0.29, 0.717) is 11.3 Å². The molecule has 0 amide bonds. The summed E-state index contributed by atoms with van der Waals surface area (Å²) in [6, 6.07) is 36.7. The van der Waals surface area contributed by atoms with Crippen LogP contribution in [0.25, 0.3) is 0 Å². The van der Waals surface area contributed by atoms with Crippen molar-refractivity contribution in [2.24, 2.45) is 0 Å². The van der Waals surface area contributed by atoms with Crippen LogP contribution < -0.4 is 0 Å². The summed E-state index contributed by atoms with van der Waals surface area (Å²) in [5, 5.41) is 11.0. The summed E-state index contributed by atoms with van der Waals surface area (Å²) in [7, 11) is 0. The van der Waals surface area contributed by atoms with E-state index in [9.17, 15) is 9.50 Å². The minimum atomic E-state index is -1.04. The van der Waals surface area contributed by atoms with Gasteiger partial charge in [-0.15, -0.1) is 0 Å². The zero-order valence-electron chi connectivity index (χ0n) is 17.9. The summed E-state index contributed by atoms with van der Waals surface area (Å²) in [6.07, 6.45) is 2.55. The van der Waals surface area contributed by atoms with Gasteiger partial charge in [-0.2, -0.15) is 0 Å². The van der Waals surface area contributed by atoms with Gasteiger partial charge in [-0.25, -0.2) is 9.37 Å². The third kappa shape index (κ3) is 3.75. The van der Waals surface area contributed by atoms with Crippen molar-refractivity contribution in [1.82, 2.24) is 9.55 Å². The number of imidazole rings is 1. The first-order valence-corrected chi connectivity index (χ1v) is 10.8. The van der Waals surface area contributed by atoms with Gasteiger partial charge in [0.1, 0.15) is 17.5 Å². The molecule has 1 atom stereocenters. The molecule has 4 aromatic carbocycles. The highest BCUT2D eigenvalue weighted by atomic mass is 19.1. The zero-order valence-corrected chi connectivity index (χ0v) is 17.9. The summed E-state index contributed by atoms with van der Waals surface area (Å²) in [6.45, 7) is 0. The first-order chi connectivity index (χ1) is 16.2. The van der Waals surface area contributed by atoms with Crippen LogP contribution in [0.5, 0.6) is 0 Å². The van der Waals surface area contributed by atoms with Crippen LogP contribution >= 0.6 is 0 Å². The summed E-state index contributed by atoms with van der Waals surface area (Å²) >= 11 is 0. The Kier molecular flexibility index (Phi) is 5.59. The second-order valence-electron chi connectivity index (χ2n) is 7.97. The van der Waals surface area contributed by atoms with Crippen molar-refractivity contribution in [3.05, 3.63) is 162 Å². The molecule has 0 saturated heterocycles. The van der Waals surface area contributed by atoms with Crippen LogP contribution in [-0.4, -0.2) is 14.7 Å². The molecule has 4 heteroatoms. The standard InChI is InChI=1S/C29H23FN2O/c30-26-18-10-11-22(19-26)28(33)27-20-32(21-31-27)29(23-12-4-1-5-13-23,24-14-6-2-7-15-24)25-16-8-3-9-17-25/h1-21,28,33H. The third-order valence-corrected chi connectivity index (χ3v) is 6.01. The Labute approximate surface area is 192 Å². The molecular weight excluding hydrogens is 411 g/mol. The van der Waals surface area contributed by atoms with Crippen molar-refractivity contribution in [3.63, 3.8) is 0 Å². The van der Waals surface area contributed by atoms with Crippen LogP contribution in [0.15, 0.2) is 128 Å². The molecule has 162 valence electrons. The molecule has 0 bridgehead atoms. The molecule has 0 aliphatic carbocycles. The van der Waals surface area contributed by atoms with E-state index in [2.05, 4.69) is 41.4 Å². The van der Waals surface area contributed by atoms with Crippen LogP contribution in [0.1, 0.15) is 34.1 Å². The minimum absolute atomic E-state index is 0.391. The van der Waals surface area contributed by atoms with Crippen LogP contribution in [-0.2, 0) is 5.54 Å². The van der Waals surface area contributed by atoms with Crippen molar-refractivity contribution in [3.8, 4) is 0 Å². The van der Waals surface area contributed by atoms with E-state index in [4.69, 9.17) is 0 Å². The fraction of sp³-hybridized carbons (Fsp3) is 0.0690. The van der Waals surface area contributed by atoms with Crippen molar-refractivity contribution < 1.29 is 9.50 Å². The largest absolute Gasteiger partial charge is 0.382 e. The van der Waals surface area contributed by atoms with Gasteiger partial charge in [0.25, 0.3) is 0 Å². The van der Waals surface area contributed by atoms with Crippen molar-refractivity contribution >= 4 is 0 Å². The first kappa shape index (κ1) is 20.9. The lowest BCUT2D eigenvalue weighted by molar-refractivity contribution is 0.215. The van der Waals surface area contributed by atoms with E-state index in [1.54, 1.807) is 18.5 Å². The monoisotopic (exact) mass is 434 g/mol. The lowest BCUT2D eigenvalue weighted by atomic mass is 9.77. The Morgan fingerprint density at radius 2 is 1.21 bits per heavy atom. The van der Waals surface area contributed by atoms with Gasteiger partial charge in [0.05, 0.1) is 12.0 Å². The Balaban J connectivity index is 1.74. The van der Waals surface area contributed by atoms with Crippen molar-refractivity contribution in [2.45, 2.75) is 11.6 Å². The molecule has 0 spiro atoms. The minimum Gasteiger partial charge on any atom is -0.382 e. The topological polar surface area (TPSA) is 38.0 Å². The highest BCUT2D eigenvalue weighted by molar-refractivity contribution is 5.50. The quantitative estimate of drug-likeness (QED) is 0.336. The van der Waals surface area contributed by atoms with Crippen molar-refractivity contribution in [2.75, 3.05) is 0 Å². The molecule has 0 fully saturated rings. The second-order valence-corrected chi connectivity index (χ2v) is 7.97. The fourth-order valence-electron chi connectivity index (χ4n) is 4.50. The highest BCUT2D eigenvalue weighted by Gasteiger charge is 2.38. The van der Waals surface area contributed by atoms with Crippen LogP contribution in [0.4, 0.5) is 4.39 Å². The number of aliphatic hydroxyl groups is 1. The molecule has 1 aromatic heterocycles. The Hall–Kier alpha value is -4.02. The molecule has 0 aliphatic rings. The number of hydrogen-bond donors (Lipinski definition) is 1. The maximum Gasteiger partial charge on any atom is 0.123 e. The van der Waals surface area contributed by atoms with Gasteiger partial charge in [-0.3, -0.25) is 0 Å². The van der Waals surface area contributed by atoms with Gasteiger partial charge in [-0.05, 0) is 34.4 Å². The molecule has 1 unspecified atom stereocenters. The number of nitrogens with zero attached hydrogens (tertiary/aromatic N) is 2. The lowest BCUT2D eigenvalue weighted by Crippen LogP contribution is -2.37. The molecule has 0 saturated carbocycles. The Morgan fingerprint density at radius 1 is 0.697 bits per heavy atom. The van der Waals surface area contributed by atoms with Gasteiger partial charge in [-0.1, -0.05) is 103 Å². The zero-order chi connectivity index (χ0) is 22.7. The van der Waals surface area contributed by atoms with Crippen LogP contribution in [0.2, 0.25) is 0 Å². The number of aromatic nitrogens is 2. The normalized spacial score (nSPS) is 12.4. The molecule has 0 radical (unpaired) electrons.